The maximum atomic E-state index is 12.5. The Morgan fingerprint density at radius 2 is 2.00 bits per heavy atom. The van der Waals surface area contributed by atoms with Crippen LogP contribution in [0.2, 0.25) is 0 Å². The topological polar surface area (TPSA) is 63.4 Å². The molecular weight excluding hydrogens is 260 g/mol. The highest BCUT2D eigenvalue weighted by molar-refractivity contribution is 7.89. The second-order valence-electron chi connectivity index (χ2n) is 5.70. The monoisotopic (exact) mass is 280 g/mol. The van der Waals surface area contributed by atoms with Gasteiger partial charge >= 0.3 is 0 Å². The number of benzene rings is 1. The van der Waals surface area contributed by atoms with Gasteiger partial charge in [0.05, 0.1) is 5.75 Å². The van der Waals surface area contributed by atoms with Crippen molar-refractivity contribution in [3.05, 3.63) is 35.9 Å². The third kappa shape index (κ3) is 2.55. The Balaban J connectivity index is 1.72. The molecule has 0 amide bonds. The summed E-state index contributed by atoms with van der Waals surface area (Å²) in [6, 6.07) is 9.25. The van der Waals surface area contributed by atoms with E-state index in [4.69, 9.17) is 5.73 Å². The first kappa shape index (κ1) is 13.1. The van der Waals surface area contributed by atoms with E-state index in [1.165, 1.54) is 6.42 Å². The lowest BCUT2D eigenvalue weighted by Gasteiger charge is -2.27. The largest absolute Gasteiger partial charge is 0.323 e. The summed E-state index contributed by atoms with van der Waals surface area (Å²) in [7, 11) is -3.23. The Hall–Kier alpha value is -0.910. The molecule has 2 N–H and O–H groups in total. The molecule has 0 radical (unpaired) electrons. The number of rotatable bonds is 4. The molecule has 2 aliphatic rings. The quantitative estimate of drug-likeness (QED) is 0.909. The number of nitrogens with two attached hydrogens (primary N) is 1. The highest BCUT2D eigenvalue weighted by Gasteiger charge is 2.43. The van der Waals surface area contributed by atoms with Crippen LogP contribution in [-0.2, 0) is 10.0 Å². The summed E-state index contributed by atoms with van der Waals surface area (Å²) in [5.74, 6) is 0.591. The molecule has 2 fully saturated rings. The zero-order valence-electron chi connectivity index (χ0n) is 10.9. The van der Waals surface area contributed by atoms with Gasteiger partial charge in [-0.15, -0.1) is 0 Å². The Labute approximate surface area is 114 Å². The van der Waals surface area contributed by atoms with Crippen LogP contribution in [0.15, 0.2) is 30.3 Å². The van der Waals surface area contributed by atoms with E-state index in [0.29, 0.717) is 12.5 Å². The van der Waals surface area contributed by atoms with E-state index in [-0.39, 0.29) is 11.8 Å². The predicted molar refractivity (Wildman–Crippen MR) is 75.0 cm³/mol. The van der Waals surface area contributed by atoms with E-state index in [1.54, 1.807) is 4.31 Å². The molecule has 0 aromatic heterocycles. The van der Waals surface area contributed by atoms with Gasteiger partial charge in [-0.25, -0.2) is 8.42 Å². The molecule has 3 atom stereocenters. The lowest BCUT2D eigenvalue weighted by Crippen LogP contribution is -2.41. The summed E-state index contributed by atoms with van der Waals surface area (Å²) in [5, 5.41) is 0. The van der Waals surface area contributed by atoms with Gasteiger partial charge in [-0.05, 0) is 30.7 Å². The zero-order valence-corrected chi connectivity index (χ0v) is 11.7. The zero-order chi connectivity index (χ0) is 13.5. The van der Waals surface area contributed by atoms with Crippen molar-refractivity contribution < 1.29 is 8.42 Å². The summed E-state index contributed by atoms with van der Waals surface area (Å²) in [4.78, 5) is 0. The Morgan fingerprint density at radius 3 is 2.58 bits per heavy atom. The fourth-order valence-corrected chi connectivity index (χ4v) is 5.26. The molecule has 1 saturated heterocycles. The Bertz CT molecular complexity index is 544. The van der Waals surface area contributed by atoms with Crippen molar-refractivity contribution in [1.29, 1.82) is 0 Å². The van der Waals surface area contributed by atoms with Crippen LogP contribution >= 0.6 is 0 Å². The molecule has 1 aromatic rings. The molecule has 0 spiro atoms. The van der Waals surface area contributed by atoms with E-state index in [1.807, 2.05) is 30.3 Å². The average molecular weight is 280 g/mol. The molecule has 1 aliphatic carbocycles. The number of nitrogens with zero attached hydrogens (tertiary/aromatic N) is 1. The van der Waals surface area contributed by atoms with Crippen molar-refractivity contribution in [1.82, 2.24) is 4.31 Å². The first-order chi connectivity index (χ1) is 9.06. The van der Waals surface area contributed by atoms with Gasteiger partial charge in [-0.2, -0.15) is 4.31 Å². The molecule has 3 unspecified atom stereocenters. The van der Waals surface area contributed by atoms with E-state index < -0.39 is 16.1 Å². The number of hydrogen-bond acceptors (Lipinski definition) is 3. The number of piperidine rings is 1. The van der Waals surface area contributed by atoms with Crippen LogP contribution in [0.5, 0.6) is 0 Å². The second-order valence-corrected chi connectivity index (χ2v) is 7.66. The summed E-state index contributed by atoms with van der Waals surface area (Å²) in [6.45, 7) is 0.703. The third-order valence-corrected chi connectivity index (χ3v) is 6.28. The van der Waals surface area contributed by atoms with E-state index in [0.717, 1.165) is 18.4 Å². The molecular formula is C14H20N2O2S. The molecule has 4 nitrogen and oxygen atoms in total. The minimum Gasteiger partial charge on any atom is -0.323 e. The molecule has 5 heteroatoms. The Kier molecular flexibility index (Phi) is 3.37. The average Bonchev–Trinajstić information content (AvgIpc) is 3.02. The van der Waals surface area contributed by atoms with Crippen molar-refractivity contribution in [2.45, 2.75) is 31.3 Å². The summed E-state index contributed by atoms with van der Waals surface area (Å²) in [5.41, 5.74) is 6.93. The number of sulfonamides is 1. The Morgan fingerprint density at radius 1 is 1.26 bits per heavy atom. The van der Waals surface area contributed by atoms with Gasteiger partial charge in [0.25, 0.3) is 0 Å². The maximum absolute atomic E-state index is 12.5. The van der Waals surface area contributed by atoms with Gasteiger partial charge < -0.3 is 5.73 Å². The molecule has 1 aliphatic heterocycles. The maximum Gasteiger partial charge on any atom is 0.216 e. The van der Waals surface area contributed by atoms with Gasteiger partial charge in [-0.3, -0.25) is 0 Å². The van der Waals surface area contributed by atoms with Gasteiger partial charge in [0.1, 0.15) is 0 Å². The summed E-state index contributed by atoms with van der Waals surface area (Å²) >= 11 is 0. The minimum atomic E-state index is -3.23. The van der Waals surface area contributed by atoms with E-state index in [2.05, 4.69) is 0 Å². The van der Waals surface area contributed by atoms with Crippen molar-refractivity contribution in [2.24, 2.45) is 11.7 Å². The van der Waals surface area contributed by atoms with Crippen LogP contribution in [0.4, 0.5) is 0 Å². The van der Waals surface area contributed by atoms with Gasteiger partial charge in [0, 0.05) is 18.6 Å². The SMILES string of the molecule is NC(CS(=O)(=O)N1CC2CCC1C2)c1ccccc1. The van der Waals surface area contributed by atoms with E-state index in [9.17, 15) is 8.42 Å². The molecule has 1 aromatic carbocycles. The van der Waals surface area contributed by atoms with Gasteiger partial charge in [0.15, 0.2) is 0 Å². The van der Waals surface area contributed by atoms with Crippen LogP contribution < -0.4 is 5.73 Å². The summed E-state index contributed by atoms with van der Waals surface area (Å²) in [6.07, 6.45) is 3.24. The number of fused-ring (bicyclic) bond motifs is 2. The van der Waals surface area contributed by atoms with Crippen molar-refractivity contribution in [3.8, 4) is 0 Å². The number of hydrogen-bond donors (Lipinski definition) is 1. The second kappa shape index (κ2) is 4.89. The van der Waals surface area contributed by atoms with Crippen molar-refractivity contribution in [2.75, 3.05) is 12.3 Å². The fraction of sp³-hybridized carbons (Fsp3) is 0.571. The van der Waals surface area contributed by atoms with E-state index >= 15 is 0 Å². The molecule has 1 heterocycles. The van der Waals surface area contributed by atoms with Crippen LogP contribution in [0.25, 0.3) is 0 Å². The van der Waals surface area contributed by atoms with Crippen molar-refractivity contribution in [3.63, 3.8) is 0 Å². The predicted octanol–water partition coefficient (Wildman–Crippen LogP) is 1.50. The molecule has 104 valence electrons. The first-order valence-electron chi connectivity index (χ1n) is 6.86. The first-order valence-corrected chi connectivity index (χ1v) is 8.47. The third-order valence-electron chi connectivity index (χ3n) is 4.33. The van der Waals surface area contributed by atoms with Crippen LogP contribution in [0.3, 0.4) is 0 Å². The fourth-order valence-electron chi connectivity index (χ4n) is 3.34. The molecule has 3 rings (SSSR count). The normalized spacial score (nSPS) is 28.7. The molecule has 1 saturated carbocycles. The summed E-state index contributed by atoms with van der Waals surface area (Å²) < 4.78 is 26.6. The smallest absolute Gasteiger partial charge is 0.216 e. The molecule has 19 heavy (non-hydrogen) atoms. The molecule has 2 bridgehead atoms. The van der Waals surface area contributed by atoms with Gasteiger partial charge in [0.2, 0.25) is 10.0 Å². The highest BCUT2D eigenvalue weighted by atomic mass is 32.2. The lowest BCUT2D eigenvalue weighted by atomic mass is 10.1. The minimum absolute atomic E-state index is 0.0141. The van der Waals surface area contributed by atoms with Crippen LogP contribution in [-0.4, -0.2) is 31.1 Å². The van der Waals surface area contributed by atoms with Crippen LogP contribution in [0.1, 0.15) is 30.9 Å². The standard InChI is InChI=1S/C14H20N2O2S/c15-14(12-4-2-1-3-5-12)10-19(17,18)16-9-11-6-7-13(16)8-11/h1-5,11,13-14H,6-10,15H2. The van der Waals surface area contributed by atoms with Crippen LogP contribution in [0, 0.1) is 5.92 Å². The van der Waals surface area contributed by atoms with Crippen molar-refractivity contribution >= 4 is 10.0 Å². The van der Waals surface area contributed by atoms with Gasteiger partial charge in [-0.1, -0.05) is 30.3 Å². The lowest BCUT2D eigenvalue weighted by molar-refractivity contribution is 0.332. The highest BCUT2D eigenvalue weighted by Crippen LogP contribution is 2.39.